The molecule has 0 bridgehead atoms. The Morgan fingerprint density at radius 3 is 2.21 bits per heavy atom. The van der Waals surface area contributed by atoms with Gasteiger partial charge in [0.05, 0.1) is 12.2 Å². The lowest BCUT2D eigenvalue weighted by molar-refractivity contribution is -0.0453. The van der Waals surface area contributed by atoms with Crippen molar-refractivity contribution in [1.82, 2.24) is 8.61 Å². The summed E-state index contributed by atoms with van der Waals surface area (Å²) in [5.41, 5.74) is 5.61. The third-order valence-electron chi connectivity index (χ3n) is 3.62. The number of rotatable bonds is 3. The third-order valence-corrected chi connectivity index (χ3v) is 5.56. The van der Waals surface area contributed by atoms with Crippen molar-refractivity contribution >= 4 is 22.6 Å². The van der Waals surface area contributed by atoms with Crippen molar-refractivity contribution in [2.24, 2.45) is 11.7 Å². The zero-order valence-corrected chi connectivity index (χ0v) is 13.1. The maximum Gasteiger partial charge on any atom is 0.282 e. The average Bonchev–Trinajstić information content (AvgIpc) is 2.76. The smallest absolute Gasteiger partial charge is 0.282 e. The van der Waals surface area contributed by atoms with Crippen LogP contribution in [-0.4, -0.2) is 62.0 Å². The molecule has 0 aromatic carbocycles. The van der Waals surface area contributed by atoms with Crippen molar-refractivity contribution in [1.29, 1.82) is 0 Å². The first-order valence-corrected chi connectivity index (χ1v) is 7.94. The molecular weight excluding hydrogens is 290 g/mol. The lowest BCUT2D eigenvalue weighted by Crippen LogP contribution is -2.52. The van der Waals surface area contributed by atoms with Crippen LogP contribution < -0.4 is 5.73 Å². The van der Waals surface area contributed by atoms with Gasteiger partial charge in [0.1, 0.15) is 0 Å². The molecule has 2 N–H and O–H groups in total. The summed E-state index contributed by atoms with van der Waals surface area (Å²) in [4.78, 5) is 0. The van der Waals surface area contributed by atoms with E-state index in [0.717, 1.165) is 6.42 Å². The maximum absolute atomic E-state index is 12.5. The second-order valence-corrected chi connectivity index (χ2v) is 7.26. The highest BCUT2D eigenvalue weighted by Crippen LogP contribution is 2.23. The van der Waals surface area contributed by atoms with Crippen LogP contribution in [0.15, 0.2) is 0 Å². The number of morpholine rings is 1. The summed E-state index contributed by atoms with van der Waals surface area (Å²) in [6.07, 6.45) is 0.776. The van der Waals surface area contributed by atoms with Gasteiger partial charge in [0.25, 0.3) is 10.2 Å². The van der Waals surface area contributed by atoms with Crippen LogP contribution in [0.4, 0.5) is 0 Å². The molecule has 3 unspecified atom stereocenters. The fourth-order valence-corrected chi connectivity index (χ4v) is 4.54. The average molecular weight is 314 g/mol. The van der Waals surface area contributed by atoms with Gasteiger partial charge in [0.2, 0.25) is 0 Å². The Kier molecular flexibility index (Phi) is 6.03. The first-order valence-electron chi connectivity index (χ1n) is 6.54. The van der Waals surface area contributed by atoms with Crippen molar-refractivity contribution in [2.45, 2.75) is 32.5 Å². The summed E-state index contributed by atoms with van der Waals surface area (Å²) in [5, 5.41) is 0. The minimum Gasteiger partial charge on any atom is -0.373 e. The van der Waals surface area contributed by atoms with E-state index in [9.17, 15) is 8.42 Å². The molecule has 114 valence electrons. The topological polar surface area (TPSA) is 75.9 Å². The van der Waals surface area contributed by atoms with Crippen LogP contribution >= 0.6 is 12.4 Å². The molecule has 0 aliphatic carbocycles. The van der Waals surface area contributed by atoms with Crippen molar-refractivity contribution < 1.29 is 13.2 Å². The molecule has 8 heteroatoms. The van der Waals surface area contributed by atoms with Gasteiger partial charge in [-0.25, -0.2) is 0 Å². The van der Waals surface area contributed by atoms with Gasteiger partial charge >= 0.3 is 0 Å². The molecule has 6 nitrogen and oxygen atoms in total. The van der Waals surface area contributed by atoms with E-state index in [2.05, 4.69) is 0 Å². The van der Waals surface area contributed by atoms with Crippen LogP contribution in [0.1, 0.15) is 20.3 Å². The Morgan fingerprint density at radius 1 is 1.16 bits per heavy atom. The number of hydrogen-bond acceptors (Lipinski definition) is 4. The number of halogens is 1. The fraction of sp³-hybridized carbons (Fsp3) is 1.00. The van der Waals surface area contributed by atoms with E-state index in [1.165, 1.54) is 0 Å². The maximum atomic E-state index is 12.5. The highest BCUT2D eigenvalue weighted by molar-refractivity contribution is 7.86. The second kappa shape index (κ2) is 6.69. The van der Waals surface area contributed by atoms with E-state index < -0.39 is 10.2 Å². The molecule has 2 aliphatic heterocycles. The minimum absolute atomic E-state index is 0. The Hall–Kier alpha value is 0.0800. The van der Waals surface area contributed by atoms with Gasteiger partial charge in [0, 0.05) is 26.2 Å². The molecule has 0 amide bonds. The summed E-state index contributed by atoms with van der Waals surface area (Å²) in [7, 11) is -3.34. The molecule has 0 saturated carbocycles. The van der Waals surface area contributed by atoms with E-state index >= 15 is 0 Å². The molecule has 0 radical (unpaired) electrons. The zero-order chi connectivity index (χ0) is 13.3. The van der Waals surface area contributed by atoms with Crippen molar-refractivity contribution in [3.8, 4) is 0 Å². The first-order chi connectivity index (χ1) is 8.43. The summed E-state index contributed by atoms with van der Waals surface area (Å²) >= 11 is 0. The van der Waals surface area contributed by atoms with Gasteiger partial charge in [-0.15, -0.1) is 12.4 Å². The van der Waals surface area contributed by atoms with Gasteiger partial charge in [0.15, 0.2) is 0 Å². The quantitative estimate of drug-likeness (QED) is 0.798. The number of ether oxygens (including phenoxy) is 1. The fourth-order valence-electron chi connectivity index (χ4n) is 2.68. The standard InChI is InChI=1S/C11H23N3O3S.ClH/c1-9-6-14(7-10(2)17-9)18(15,16)13-4-3-11(5-12)8-13;/h9-11H,3-8,12H2,1-2H3;1H. The first kappa shape index (κ1) is 17.1. The number of nitrogens with zero attached hydrogens (tertiary/aromatic N) is 2. The molecule has 2 heterocycles. The van der Waals surface area contributed by atoms with Gasteiger partial charge in [-0.3, -0.25) is 0 Å². The summed E-state index contributed by atoms with van der Waals surface area (Å²) in [6.45, 7) is 6.40. The van der Waals surface area contributed by atoms with Gasteiger partial charge in [-0.05, 0) is 32.7 Å². The van der Waals surface area contributed by atoms with Gasteiger partial charge in [-0.2, -0.15) is 17.0 Å². The predicted molar refractivity (Wildman–Crippen MR) is 76.5 cm³/mol. The van der Waals surface area contributed by atoms with E-state index in [0.29, 0.717) is 38.6 Å². The van der Waals surface area contributed by atoms with Crippen LogP contribution in [0.3, 0.4) is 0 Å². The van der Waals surface area contributed by atoms with Crippen molar-refractivity contribution in [2.75, 3.05) is 32.7 Å². The van der Waals surface area contributed by atoms with Crippen molar-refractivity contribution in [3.05, 3.63) is 0 Å². The van der Waals surface area contributed by atoms with Crippen LogP contribution in [0.5, 0.6) is 0 Å². The molecule has 2 aliphatic rings. The monoisotopic (exact) mass is 313 g/mol. The van der Waals surface area contributed by atoms with E-state index in [1.807, 2.05) is 13.8 Å². The van der Waals surface area contributed by atoms with Crippen LogP contribution in [0.25, 0.3) is 0 Å². The third kappa shape index (κ3) is 3.80. The molecule has 2 saturated heterocycles. The summed E-state index contributed by atoms with van der Waals surface area (Å²) in [5.74, 6) is 0.302. The Bertz CT molecular complexity index is 383. The van der Waals surface area contributed by atoms with Gasteiger partial charge < -0.3 is 10.5 Å². The molecule has 0 aromatic heterocycles. The molecule has 2 fully saturated rings. The minimum atomic E-state index is -3.34. The lowest BCUT2D eigenvalue weighted by atomic mass is 10.1. The van der Waals surface area contributed by atoms with Crippen LogP contribution in [0.2, 0.25) is 0 Å². The SMILES string of the molecule is CC1CN(S(=O)(=O)N2CCC(CN)C2)CC(C)O1.Cl. The van der Waals surface area contributed by atoms with E-state index in [1.54, 1.807) is 8.61 Å². The molecule has 19 heavy (non-hydrogen) atoms. The Morgan fingerprint density at radius 2 is 1.74 bits per heavy atom. The number of nitrogens with two attached hydrogens (primary N) is 1. The van der Waals surface area contributed by atoms with Crippen LogP contribution in [-0.2, 0) is 14.9 Å². The Balaban J connectivity index is 0.00000180. The van der Waals surface area contributed by atoms with Crippen molar-refractivity contribution in [3.63, 3.8) is 0 Å². The molecule has 0 aromatic rings. The zero-order valence-electron chi connectivity index (χ0n) is 11.5. The number of hydrogen-bond donors (Lipinski definition) is 1. The van der Waals surface area contributed by atoms with Gasteiger partial charge in [-0.1, -0.05) is 0 Å². The molecule has 2 rings (SSSR count). The highest BCUT2D eigenvalue weighted by atomic mass is 35.5. The van der Waals surface area contributed by atoms with Crippen LogP contribution in [0, 0.1) is 5.92 Å². The molecular formula is C11H24ClN3O3S. The normalized spacial score (nSPS) is 34.2. The summed E-state index contributed by atoms with van der Waals surface area (Å²) < 4.78 is 33.7. The van der Waals surface area contributed by atoms with E-state index in [-0.39, 0.29) is 24.6 Å². The summed E-state index contributed by atoms with van der Waals surface area (Å²) in [6, 6.07) is 0. The second-order valence-electron chi connectivity index (χ2n) is 5.33. The molecule has 3 atom stereocenters. The highest BCUT2D eigenvalue weighted by Gasteiger charge is 2.38. The Labute approximate surface area is 121 Å². The lowest BCUT2D eigenvalue weighted by Gasteiger charge is -2.36. The predicted octanol–water partition coefficient (Wildman–Crippen LogP) is 0.0428. The van der Waals surface area contributed by atoms with E-state index in [4.69, 9.17) is 10.5 Å². The molecule has 0 spiro atoms. The largest absolute Gasteiger partial charge is 0.373 e.